The third kappa shape index (κ3) is 5.92. The molecule has 0 amide bonds. The summed E-state index contributed by atoms with van der Waals surface area (Å²) in [6, 6.07) is 20.2. The highest BCUT2D eigenvalue weighted by Gasteiger charge is 2.20. The van der Waals surface area contributed by atoms with Gasteiger partial charge in [0.05, 0.1) is 25.6 Å². The second-order valence-electron chi connectivity index (χ2n) is 9.94. The van der Waals surface area contributed by atoms with E-state index in [1.54, 1.807) is 12.1 Å². The zero-order valence-corrected chi connectivity index (χ0v) is 24.4. The molecule has 12 heteroatoms. The number of ether oxygens (including phenoxy) is 1. The fraction of sp³-hybridized carbons (Fsp3) is 0.182. The van der Waals surface area contributed by atoms with Crippen LogP contribution in [0.15, 0.2) is 86.9 Å². The first kappa shape index (κ1) is 31.1. The van der Waals surface area contributed by atoms with Crippen molar-refractivity contribution in [3.05, 3.63) is 115 Å². The van der Waals surface area contributed by atoms with Crippen LogP contribution in [-0.4, -0.2) is 32.2 Å². The Morgan fingerprint density at radius 1 is 1.02 bits per heavy atom. The molecular weight excluding hydrogens is 599 g/mol. The number of Topliss-reactive ketones (excluding diaryl/α,β-unsaturated/α-hetero) is 1. The number of aryl methyl sites for hydroxylation is 1. The number of ketones is 1. The number of rotatable bonds is 9. The Bertz CT molecular complexity index is 2150. The number of hydrogen-bond acceptors (Lipinski definition) is 9. The van der Waals surface area contributed by atoms with E-state index >= 15 is 0 Å². The molecule has 0 N–H and O–H groups in total. The average molecular weight is 628 g/mol. The van der Waals surface area contributed by atoms with Gasteiger partial charge in [-0.3, -0.25) is 18.7 Å². The van der Waals surface area contributed by atoms with E-state index in [1.165, 1.54) is 35.1 Å². The van der Waals surface area contributed by atoms with Crippen LogP contribution < -0.4 is 21.1 Å². The highest BCUT2D eigenvalue weighted by molar-refractivity contribution is 7.18. The number of halogens is 1. The highest BCUT2D eigenvalue weighted by Crippen LogP contribution is 2.31. The Balaban J connectivity index is 0.00000400. The van der Waals surface area contributed by atoms with Crippen molar-refractivity contribution >= 4 is 27.3 Å². The van der Waals surface area contributed by atoms with Crippen LogP contribution in [0.3, 0.4) is 0 Å². The molecule has 0 aliphatic rings. The van der Waals surface area contributed by atoms with Crippen molar-refractivity contribution in [3.8, 4) is 34.3 Å². The van der Waals surface area contributed by atoms with E-state index in [0.717, 1.165) is 32.2 Å². The van der Waals surface area contributed by atoms with E-state index < -0.39 is 35.5 Å². The number of benzene rings is 3. The third-order valence-corrected chi connectivity index (χ3v) is 8.55. The second-order valence-corrected chi connectivity index (χ2v) is 11.1. The van der Waals surface area contributed by atoms with Crippen molar-refractivity contribution in [1.82, 2.24) is 19.3 Å². The molecule has 10 nitrogen and oxygen atoms in total. The van der Waals surface area contributed by atoms with Crippen molar-refractivity contribution < 1.29 is 23.6 Å². The maximum atomic E-state index is 13.9. The Labute approximate surface area is 260 Å². The summed E-state index contributed by atoms with van der Waals surface area (Å²) in [6.45, 7) is 1.58. The predicted molar refractivity (Wildman–Crippen MR) is 167 cm³/mol. The van der Waals surface area contributed by atoms with E-state index in [4.69, 9.17) is 4.74 Å². The number of nitrogens with zero attached hydrogens (tertiary/aromatic N) is 4. The maximum absolute atomic E-state index is 13.9. The summed E-state index contributed by atoms with van der Waals surface area (Å²) in [5.41, 5.74) is 1.95. The monoisotopic (exact) mass is 627 g/mol. The van der Waals surface area contributed by atoms with Crippen LogP contribution >= 0.6 is 11.3 Å². The first-order chi connectivity index (χ1) is 21.3. The quantitative estimate of drug-likeness (QED) is 0.198. The highest BCUT2D eigenvalue weighted by atomic mass is 32.1. The Morgan fingerprint density at radius 3 is 2.42 bits per heavy atom. The molecule has 230 valence electrons. The first-order valence-electron chi connectivity index (χ1n) is 13.6. The van der Waals surface area contributed by atoms with Crippen LogP contribution in [0, 0.1) is 5.82 Å². The van der Waals surface area contributed by atoms with Gasteiger partial charge in [-0.1, -0.05) is 62.9 Å². The van der Waals surface area contributed by atoms with Crippen molar-refractivity contribution in [2.45, 2.75) is 33.9 Å². The van der Waals surface area contributed by atoms with E-state index in [2.05, 4.69) is 14.7 Å². The molecule has 0 atom stereocenters. The van der Waals surface area contributed by atoms with Gasteiger partial charge in [0.2, 0.25) is 0 Å². The van der Waals surface area contributed by atoms with Gasteiger partial charge in [0.25, 0.3) is 5.56 Å². The summed E-state index contributed by atoms with van der Waals surface area (Å²) < 4.78 is 25.9. The van der Waals surface area contributed by atoms with Crippen molar-refractivity contribution in [2.24, 2.45) is 0 Å². The molecule has 0 bridgehead atoms. The molecule has 0 saturated carbocycles. The van der Waals surface area contributed by atoms with Crippen LogP contribution in [0.25, 0.3) is 32.7 Å². The molecule has 3 aromatic heterocycles. The largest absolute Gasteiger partial charge is 0.528 e. The average Bonchev–Trinajstić information content (AvgIpc) is 3.68. The molecule has 0 aliphatic carbocycles. The molecule has 0 radical (unpaired) electrons. The van der Waals surface area contributed by atoms with Gasteiger partial charge in [-0.25, -0.2) is 14.2 Å². The summed E-state index contributed by atoms with van der Waals surface area (Å²) in [6.07, 6.45) is -0.106. The third-order valence-electron chi connectivity index (χ3n) is 7.25. The summed E-state index contributed by atoms with van der Waals surface area (Å²) in [5.74, 6) is -1.09. The lowest BCUT2D eigenvalue weighted by atomic mass is 9.98. The number of carbonyl (C=O) groups is 1. The minimum Gasteiger partial charge on any atom is -0.528 e. The van der Waals surface area contributed by atoms with Gasteiger partial charge in [-0.15, -0.1) is 11.3 Å². The lowest BCUT2D eigenvalue weighted by molar-refractivity contribution is -0.303. The minimum atomic E-state index is -0.776. The van der Waals surface area contributed by atoms with Crippen LogP contribution in [0.2, 0.25) is 0 Å². The molecule has 0 spiro atoms. The molecule has 0 aliphatic heterocycles. The van der Waals surface area contributed by atoms with E-state index in [-0.39, 0.29) is 31.1 Å². The van der Waals surface area contributed by atoms with Gasteiger partial charge >= 0.3 is 5.69 Å². The Kier molecular flexibility index (Phi) is 8.77. The van der Waals surface area contributed by atoms with E-state index in [1.807, 2.05) is 49.4 Å². The molecule has 0 unspecified atom stereocenters. The molecule has 6 aromatic rings. The Hall–Kier alpha value is -5.36. The Morgan fingerprint density at radius 2 is 1.76 bits per heavy atom. The van der Waals surface area contributed by atoms with Crippen LogP contribution in [0.4, 0.5) is 4.39 Å². The molecule has 3 aromatic carbocycles. The molecule has 3 heterocycles. The fourth-order valence-electron chi connectivity index (χ4n) is 4.99. The number of aromatic nitrogens is 4. The minimum absolute atomic E-state index is 0. The van der Waals surface area contributed by atoms with Crippen molar-refractivity contribution in [2.75, 3.05) is 7.11 Å². The molecule has 6 rings (SSSR count). The summed E-state index contributed by atoms with van der Waals surface area (Å²) in [5, 5.41) is 15.6. The van der Waals surface area contributed by atoms with Crippen LogP contribution in [0.1, 0.15) is 35.1 Å². The van der Waals surface area contributed by atoms with Gasteiger partial charge in [-0.05, 0) is 47.4 Å². The molecule has 45 heavy (non-hydrogen) atoms. The number of methoxy groups -OCH3 is 1. The van der Waals surface area contributed by atoms with Gasteiger partial charge < -0.3 is 14.4 Å². The zero-order chi connectivity index (χ0) is 31.0. The first-order valence-corrected chi connectivity index (χ1v) is 14.4. The maximum Gasteiger partial charge on any atom is 0.332 e. The van der Waals surface area contributed by atoms with Crippen molar-refractivity contribution in [1.29, 1.82) is 0 Å². The van der Waals surface area contributed by atoms with Gasteiger partial charge in [-0.2, -0.15) is 5.16 Å². The molecule has 0 fully saturated rings. The number of fused-ring (bicyclic) bond motifs is 1. The smallest absolute Gasteiger partial charge is 0.332 e. The van der Waals surface area contributed by atoms with Crippen LogP contribution in [-0.2, 0) is 19.5 Å². The SMILES string of the molecule is C.CCc1cc2c(=O)n(CC(=O)c3ccc(F)c(OC)c3)c(=O)n(Cc3ccc(-c4ccccc4-c4noc([O-])n4)cc3)c2s1. The van der Waals surface area contributed by atoms with Crippen molar-refractivity contribution in [3.63, 3.8) is 0 Å². The standard InChI is InChI=1S/C32H25FN4O6S.CH4/c1-3-21-15-24-29(39)36(17-26(38)20-12-13-25(33)27(14-20)42-2)32(41)37(30(24)44-21)16-18-8-10-19(11-9-18)22-6-4-5-7-23(22)28-34-31(40)43-35-28;/h4-15H,3,16-17H2,1-2H3,(H,34,35,40);1H4/p-1. The van der Waals surface area contributed by atoms with E-state index in [0.29, 0.717) is 22.2 Å². The second kappa shape index (κ2) is 12.7. The molecular formula is C33H28FN4O6S-. The van der Waals surface area contributed by atoms with Gasteiger partial charge in [0, 0.05) is 16.0 Å². The number of carbonyl (C=O) groups excluding carboxylic acids is 1. The summed E-state index contributed by atoms with van der Waals surface area (Å²) in [4.78, 5) is 45.7. The summed E-state index contributed by atoms with van der Waals surface area (Å²) in [7, 11) is 1.29. The molecule has 0 saturated heterocycles. The lowest BCUT2D eigenvalue weighted by Crippen LogP contribution is -2.41. The fourth-order valence-corrected chi connectivity index (χ4v) is 6.07. The summed E-state index contributed by atoms with van der Waals surface area (Å²) >= 11 is 1.36. The topological polar surface area (TPSA) is 132 Å². The van der Waals surface area contributed by atoms with Crippen LogP contribution in [0.5, 0.6) is 11.8 Å². The predicted octanol–water partition coefficient (Wildman–Crippen LogP) is 5.29. The number of thiophene rings is 1. The normalized spacial score (nSPS) is 11.0. The lowest BCUT2D eigenvalue weighted by Gasteiger charge is -2.13. The zero-order valence-electron chi connectivity index (χ0n) is 23.6. The van der Waals surface area contributed by atoms with Gasteiger partial charge in [0.15, 0.2) is 29.3 Å². The number of hydrogen-bond donors (Lipinski definition) is 0. The van der Waals surface area contributed by atoms with Gasteiger partial charge in [0.1, 0.15) is 4.83 Å². The van der Waals surface area contributed by atoms with E-state index in [9.17, 15) is 23.9 Å².